The van der Waals surface area contributed by atoms with Crippen molar-refractivity contribution >= 4 is 11.5 Å². The van der Waals surface area contributed by atoms with Crippen molar-refractivity contribution in [1.29, 1.82) is 5.26 Å². The van der Waals surface area contributed by atoms with E-state index >= 15 is 0 Å². The molecule has 1 aromatic heterocycles. The first-order valence-corrected chi connectivity index (χ1v) is 6.62. The van der Waals surface area contributed by atoms with Gasteiger partial charge in [0.2, 0.25) is 5.82 Å². The second-order valence-electron chi connectivity index (χ2n) is 5.20. The standard InChI is InChI=1S/C13H17N5O2/c14-8-10-4-7-16-12(11(10)18(19)20)17-9-13(15)5-2-1-3-6-13/h4,7H,1-3,5-6,9,15H2,(H,16,17). The van der Waals surface area contributed by atoms with Crippen LogP contribution in [0.25, 0.3) is 0 Å². The van der Waals surface area contributed by atoms with Gasteiger partial charge in [0.05, 0.1) is 4.92 Å². The highest BCUT2D eigenvalue weighted by Gasteiger charge is 2.29. The molecule has 106 valence electrons. The molecule has 0 spiro atoms. The Balaban J connectivity index is 2.17. The number of nitriles is 1. The number of pyridine rings is 1. The summed E-state index contributed by atoms with van der Waals surface area (Å²) in [5.41, 5.74) is 5.65. The number of aromatic nitrogens is 1. The Morgan fingerprint density at radius 2 is 2.20 bits per heavy atom. The van der Waals surface area contributed by atoms with Crippen molar-refractivity contribution in [3.05, 3.63) is 27.9 Å². The maximum absolute atomic E-state index is 11.1. The molecule has 7 heteroatoms. The Hall–Kier alpha value is -2.20. The first-order chi connectivity index (χ1) is 9.56. The molecule has 2 rings (SSSR count). The number of hydrogen-bond acceptors (Lipinski definition) is 6. The molecule has 1 heterocycles. The second kappa shape index (κ2) is 5.84. The zero-order chi connectivity index (χ0) is 14.6. The van der Waals surface area contributed by atoms with Crippen molar-refractivity contribution in [2.45, 2.75) is 37.6 Å². The van der Waals surface area contributed by atoms with Crippen molar-refractivity contribution < 1.29 is 4.92 Å². The van der Waals surface area contributed by atoms with Crippen LogP contribution in [0.15, 0.2) is 12.3 Å². The van der Waals surface area contributed by atoms with E-state index in [2.05, 4.69) is 10.3 Å². The average molecular weight is 275 g/mol. The summed E-state index contributed by atoms with van der Waals surface area (Å²) in [6.07, 6.45) is 6.51. The van der Waals surface area contributed by atoms with E-state index in [0.29, 0.717) is 6.54 Å². The predicted molar refractivity (Wildman–Crippen MR) is 74.1 cm³/mol. The van der Waals surface area contributed by atoms with Gasteiger partial charge in [-0.1, -0.05) is 19.3 Å². The van der Waals surface area contributed by atoms with Crippen LogP contribution in [0.1, 0.15) is 37.7 Å². The van der Waals surface area contributed by atoms with E-state index in [4.69, 9.17) is 11.0 Å². The topological polar surface area (TPSA) is 118 Å². The Kier molecular flexibility index (Phi) is 4.15. The Bertz CT molecular complexity index is 546. The van der Waals surface area contributed by atoms with Gasteiger partial charge >= 0.3 is 5.69 Å². The highest BCUT2D eigenvalue weighted by Crippen LogP contribution is 2.29. The fraction of sp³-hybridized carbons (Fsp3) is 0.538. The monoisotopic (exact) mass is 275 g/mol. The van der Waals surface area contributed by atoms with Crippen molar-refractivity contribution in [3.8, 4) is 6.07 Å². The third-order valence-electron chi connectivity index (χ3n) is 3.68. The lowest BCUT2D eigenvalue weighted by molar-refractivity contribution is -0.384. The molecule has 0 radical (unpaired) electrons. The molecule has 3 N–H and O–H groups in total. The van der Waals surface area contributed by atoms with E-state index in [1.54, 1.807) is 0 Å². The third-order valence-corrected chi connectivity index (χ3v) is 3.68. The molecule has 0 saturated heterocycles. The maximum atomic E-state index is 11.1. The minimum Gasteiger partial charge on any atom is -0.362 e. The van der Waals surface area contributed by atoms with Gasteiger partial charge in [-0.25, -0.2) is 4.98 Å². The van der Waals surface area contributed by atoms with Gasteiger partial charge in [0.1, 0.15) is 11.6 Å². The molecule has 0 aromatic carbocycles. The summed E-state index contributed by atoms with van der Waals surface area (Å²) < 4.78 is 0. The van der Waals surface area contributed by atoms with E-state index in [0.717, 1.165) is 25.7 Å². The Labute approximate surface area is 117 Å². The lowest BCUT2D eigenvalue weighted by Crippen LogP contribution is -2.47. The van der Waals surface area contributed by atoms with E-state index in [1.807, 2.05) is 6.07 Å². The molecule has 0 unspecified atom stereocenters. The van der Waals surface area contributed by atoms with Crippen molar-refractivity contribution in [2.75, 3.05) is 11.9 Å². The van der Waals surface area contributed by atoms with Gasteiger partial charge < -0.3 is 11.1 Å². The fourth-order valence-corrected chi connectivity index (χ4v) is 2.55. The van der Waals surface area contributed by atoms with Crippen LogP contribution in [0, 0.1) is 21.4 Å². The molecule has 7 nitrogen and oxygen atoms in total. The molecule has 20 heavy (non-hydrogen) atoms. The van der Waals surface area contributed by atoms with Crippen LogP contribution in [0.5, 0.6) is 0 Å². The SMILES string of the molecule is N#Cc1ccnc(NCC2(N)CCCCC2)c1[N+](=O)[O-]. The van der Waals surface area contributed by atoms with Crippen LogP contribution in [-0.2, 0) is 0 Å². The molecule has 1 saturated carbocycles. The Morgan fingerprint density at radius 1 is 1.50 bits per heavy atom. The number of nitrogens with two attached hydrogens (primary N) is 1. The van der Waals surface area contributed by atoms with E-state index in [-0.39, 0.29) is 22.6 Å². The minimum absolute atomic E-state index is 0.00205. The molecule has 1 aromatic rings. The number of nitro groups is 1. The zero-order valence-electron chi connectivity index (χ0n) is 11.1. The van der Waals surface area contributed by atoms with Crippen LogP contribution >= 0.6 is 0 Å². The first-order valence-electron chi connectivity index (χ1n) is 6.62. The van der Waals surface area contributed by atoms with Gasteiger partial charge in [-0.2, -0.15) is 5.26 Å². The highest BCUT2D eigenvalue weighted by molar-refractivity contribution is 5.64. The lowest BCUT2D eigenvalue weighted by Gasteiger charge is -2.33. The van der Waals surface area contributed by atoms with Crippen LogP contribution in [0.2, 0.25) is 0 Å². The summed E-state index contributed by atoms with van der Waals surface area (Å²) >= 11 is 0. The molecule has 0 aliphatic heterocycles. The largest absolute Gasteiger partial charge is 0.362 e. The number of hydrogen-bond donors (Lipinski definition) is 2. The summed E-state index contributed by atoms with van der Waals surface area (Å²) in [5, 5.41) is 23.0. The molecule has 1 fully saturated rings. The highest BCUT2D eigenvalue weighted by atomic mass is 16.6. The summed E-state index contributed by atoms with van der Waals surface area (Å²) in [6.45, 7) is 0.426. The normalized spacial score (nSPS) is 17.2. The zero-order valence-corrected chi connectivity index (χ0v) is 11.1. The van der Waals surface area contributed by atoms with E-state index in [1.165, 1.54) is 18.7 Å². The van der Waals surface area contributed by atoms with Crippen LogP contribution in [0.4, 0.5) is 11.5 Å². The predicted octanol–water partition coefficient (Wildman–Crippen LogP) is 1.93. The minimum atomic E-state index is -0.585. The van der Waals surface area contributed by atoms with Gasteiger partial charge in [-0.3, -0.25) is 10.1 Å². The summed E-state index contributed by atoms with van der Waals surface area (Å²) in [4.78, 5) is 14.5. The maximum Gasteiger partial charge on any atom is 0.328 e. The van der Waals surface area contributed by atoms with Crippen LogP contribution < -0.4 is 11.1 Å². The molecule has 0 atom stereocenters. The van der Waals surface area contributed by atoms with Gasteiger partial charge in [0, 0.05) is 18.3 Å². The Morgan fingerprint density at radius 3 is 2.80 bits per heavy atom. The van der Waals surface area contributed by atoms with Gasteiger partial charge in [0.25, 0.3) is 0 Å². The fourth-order valence-electron chi connectivity index (χ4n) is 2.55. The summed E-state index contributed by atoms with van der Waals surface area (Å²) in [5.74, 6) is 0.115. The molecular weight excluding hydrogens is 258 g/mol. The molecule has 0 amide bonds. The number of nitrogens with zero attached hydrogens (tertiary/aromatic N) is 3. The first kappa shape index (κ1) is 14.2. The summed E-state index contributed by atoms with van der Waals surface area (Å²) in [7, 11) is 0. The van der Waals surface area contributed by atoms with Gasteiger partial charge in [-0.15, -0.1) is 0 Å². The number of rotatable bonds is 4. The molecule has 1 aliphatic carbocycles. The quantitative estimate of drug-likeness (QED) is 0.640. The smallest absolute Gasteiger partial charge is 0.328 e. The van der Waals surface area contributed by atoms with Crippen molar-refractivity contribution in [2.24, 2.45) is 5.73 Å². The lowest BCUT2D eigenvalue weighted by atomic mass is 9.82. The molecular formula is C13H17N5O2. The van der Waals surface area contributed by atoms with Gasteiger partial charge in [-0.05, 0) is 18.9 Å². The average Bonchev–Trinajstić information content (AvgIpc) is 2.45. The molecule has 1 aliphatic rings. The van der Waals surface area contributed by atoms with Crippen molar-refractivity contribution in [1.82, 2.24) is 4.98 Å². The third kappa shape index (κ3) is 3.03. The van der Waals surface area contributed by atoms with Crippen molar-refractivity contribution in [3.63, 3.8) is 0 Å². The number of anilines is 1. The second-order valence-corrected chi connectivity index (χ2v) is 5.20. The van der Waals surface area contributed by atoms with E-state index in [9.17, 15) is 10.1 Å². The van der Waals surface area contributed by atoms with Gasteiger partial charge in [0.15, 0.2) is 0 Å². The van der Waals surface area contributed by atoms with Crippen LogP contribution in [0.3, 0.4) is 0 Å². The number of nitrogens with one attached hydrogen (secondary N) is 1. The van der Waals surface area contributed by atoms with E-state index < -0.39 is 4.92 Å². The molecule has 0 bridgehead atoms. The van der Waals surface area contributed by atoms with Crippen LogP contribution in [-0.4, -0.2) is 22.0 Å². The summed E-state index contributed by atoms with van der Waals surface area (Å²) in [6, 6.07) is 3.15.